The summed E-state index contributed by atoms with van der Waals surface area (Å²) >= 11 is 1.67. The van der Waals surface area contributed by atoms with Crippen molar-refractivity contribution in [2.24, 2.45) is 10.8 Å². The van der Waals surface area contributed by atoms with Gasteiger partial charge in [-0.1, -0.05) is 12.1 Å². The molecule has 0 aromatic heterocycles. The molecule has 4 N–H and O–H groups in total. The van der Waals surface area contributed by atoms with E-state index in [4.69, 9.17) is 10.6 Å². The Bertz CT molecular complexity index is 384. The van der Waals surface area contributed by atoms with Crippen LogP contribution >= 0.6 is 11.8 Å². The quantitative estimate of drug-likeness (QED) is 0.183. The van der Waals surface area contributed by atoms with E-state index in [-0.39, 0.29) is 0 Å². The molecule has 18 heavy (non-hydrogen) atoms. The second-order valence-electron chi connectivity index (χ2n) is 3.55. The number of thioether (sulfide) groups is 1. The second-order valence-corrected chi connectivity index (χ2v) is 4.39. The van der Waals surface area contributed by atoms with Gasteiger partial charge in [0.15, 0.2) is 0 Å². The van der Waals surface area contributed by atoms with Crippen LogP contribution in [-0.2, 0) is 4.74 Å². The molecule has 0 aliphatic rings. The van der Waals surface area contributed by atoms with E-state index in [1.54, 1.807) is 18.9 Å². The molecular formula is C12H20N4OS. The number of aliphatic imine (C=N–C) groups is 1. The van der Waals surface area contributed by atoms with Crippen molar-refractivity contribution in [2.75, 3.05) is 31.8 Å². The van der Waals surface area contributed by atoms with E-state index < -0.39 is 0 Å². The molecule has 1 aromatic carbocycles. The maximum atomic E-state index is 5.45. The highest BCUT2D eigenvalue weighted by molar-refractivity contribution is 7.98. The van der Waals surface area contributed by atoms with E-state index in [2.05, 4.69) is 15.7 Å². The molecule has 5 nitrogen and oxygen atoms in total. The topological polar surface area (TPSA) is 71.7 Å². The van der Waals surface area contributed by atoms with Crippen LogP contribution < -0.4 is 16.6 Å². The summed E-state index contributed by atoms with van der Waals surface area (Å²) in [6.45, 7) is 1.37. The molecule has 0 radical (unpaired) electrons. The molecule has 6 heteroatoms. The highest BCUT2D eigenvalue weighted by atomic mass is 32.2. The molecule has 0 aliphatic carbocycles. The zero-order valence-corrected chi connectivity index (χ0v) is 11.6. The number of ether oxygens (including phenoxy) is 1. The molecule has 0 unspecified atom stereocenters. The van der Waals surface area contributed by atoms with Crippen LogP contribution in [0.3, 0.4) is 0 Å². The molecule has 0 atom stereocenters. The van der Waals surface area contributed by atoms with Crippen LogP contribution in [0.4, 0.5) is 5.69 Å². The van der Waals surface area contributed by atoms with Crippen LogP contribution in [-0.4, -0.2) is 32.5 Å². The summed E-state index contributed by atoms with van der Waals surface area (Å²) in [7, 11) is 1.68. The number of guanidine groups is 1. The van der Waals surface area contributed by atoms with Crippen molar-refractivity contribution in [3.8, 4) is 0 Å². The monoisotopic (exact) mass is 268 g/mol. The summed E-state index contributed by atoms with van der Waals surface area (Å²) in [5.74, 6) is 6.01. The number of methoxy groups -OCH3 is 1. The smallest absolute Gasteiger partial charge is 0.210 e. The van der Waals surface area contributed by atoms with Crippen LogP contribution in [0, 0.1) is 0 Å². The molecule has 0 bridgehead atoms. The zero-order chi connectivity index (χ0) is 13.2. The third kappa shape index (κ3) is 4.95. The number of rotatable bonds is 6. The fourth-order valence-electron chi connectivity index (χ4n) is 1.40. The van der Waals surface area contributed by atoms with Gasteiger partial charge in [-0.2, -0.15) is 0 Å². The third-order valence-corrected chi connectivity index (χ3v) is 3.07. The molecule has 1 rings (SSSR count). The minimum Gasteiger partial charge on any atom is -0.385 e. The van der Waals surface area contributed by atoms with Crippen molar-refractivity contribution < 1.29 is 4.74 Å². The number of nitrogens with one attached hydrogen (secondary N) is 2. The lowest BCUT2D eigenvalue weighted by Gasteiger charge is -2.12. The van der Waals surface area contributed by atoms with E-state index in [9.17, 15) is 0 Å². The first-order chi connectivity index (χ1) is 8.81. The molecular weight excluding hydrogens is 248 g/mol. The van der Waals surface area contributed by atoms with Crippen LogP contribution in [0.2, 0.25) is 0 Å². The summed E-state index contributed by atoms with van der Waals surface area (Å²) in [5, 5.41) is 3.18. The minimum absolute atomic E-state index is 0.563. The summed E-state index contributed by atoms with van der Waals surface area (Å²) in [6, 6.07) is 8.02. The maximum absolute atomic E-state index is 5.45. The maximum Gasteiger partial charge on any atom is 0.210 e. The Morgan fingerprint density at radius 2 is 2.22 bits per heavy atom. The highest BCUT2D eigenvalue weighted by Gasteiger charge is 2.02. The second kappa shape index (κ2) is 8.79. The van der Waals surface area contributed by atoms with Crippen molar-refractivity contribution in [3.05, 3.63) is 24.3 Å². The SMILES string of the molecule is COCCCN=C(NN)Nc1ccccc1SC. The Morgan fingerprint density at radius 1 is 1.44 bits per heavy atom. The number of anilines is 1. The summed E-state index contributed by atoms with van der Waals surface area (Å²) < 4.78 is 4.97. The van der Waals surface area contributed by atoms with Crippen molar-refractivity contribution in [2.45, 2.75) is 11.3 Å². The molecule has 0 aliphatic heterocycles. The van der Waals surface area contributed by atoms with Gasteiger partial charge in [-0.15, -0.1) is 11.8 Å². The number of hydrazine groups is 1. The largest absolute Gasteiger partial charge is 0.385 e. The van der Waals surface area contributed by atoms with Gasteiger partial charge >= 0.3 is 0 Å². The Morgan fingerprint density at radius 3 is 2.89 bits per heavy atom. The van der Waals surface area contributed by atoms with Gasteiger partial charge in [0.25, 0.3) is 0 Å². The number of nitrogens with zero attached hydrogens (tertiary/aromatic N) is 1. The first-order valence-corrected chi connectivity index (χ1v) is 6.94. The van der Waals surface area contributed by atoms with Gasteiger partial charge in [-0.25, -0.2) is 5.84 Å². The number of benzene rings is 1. The predicted molar refractivity (Wildman–Crippen MR) is 78.0 cm³/mol. The summed E-state index contributed by atoms with van der Waals surface area (Å²) in [6.07, 6.45) is 2.90. The van der Waals surface area contributed by atoms with Gasteiger partial charge < -0.3 is 10.1 Å². The first kappa shape index (κ1) is 14.8. The Hall–Kier alpha value is -1.24. The zero-order valence-electron chi connectivity index (χ0n) is 10.8. The average Bonchev–Trinajstić information content (AvgIpc) is 2.42. The lowest BCUT2D eigenvalue weighted by atomic mass is 10.3. The van der Waals surface area contributed by atoms with Crippen LogP contribution in [0.15, 0.2) is 34.2 Å². The summed E-state index contributed by atoms with van der Waals surface area (Å²) in [4.78, 5) is 5.48. The highest BCUT2D eigenvalue weighted by Crippen LogP contribution is 2.24. The number of hydrogen-bond acceptors (Lipinski definition) is 4. The lowest BCUT2D eigenvalue weighted by Crippen LogP contribution is -2.36. The van der Waals surface area contributed by atoms with E-state index in [0.717, 1.165) is 17.0 Å². The van der Waals surface area contributed by atoms with Gasteiger partial charge in [-0.3, -0.25) is 10.4 Å². The van der Waals surface area contributed by atoms with E-state index in [1.165, 1.54) is 0 Å². The van der Waals surface area contributed by atoms with E-state index in [0.29, 0.717) is 19.1 Å². The molecule has 1 aromatic rings. The van der Waals surface area contributed by atoms with Crippen LogP contribution in [0.5, 0.6) is 0 Å². The van der Waals surface area contributed by atoms with Gasteiger partial charge in [0.1, 0.15) is 0 Å². The fourth-order valence-corrected chi connectivity index (χ4v) is 1.95. The standard InChI is InChI=1S/C12H20N4OS/c1-17-9-5-8-14-12(16-13)15-10-6-3-4-7-11(10)18-2/h3-4,6-7H,5,8-9,13H2,1-2H3,(H2,14,15,16). The average molecular weight is 268 g/mol. The molecule has 0 saturated carbocycles. The molecule has 0 heterocycles. The predicted octanol–water partition coefficient (Wildman–Crippen LogP) is 1.68. The number of hydrogen-bond donors (Lipinski definition) is 3. The van der Waals surface area contributed by atoms with Crippen molar-refractivity contribution in [1.82, 2.24) is 5.43 Å². The normalized spacial score (nSPS) is 11.4. The number of nitrogens with two attached hydrogens (primary N) is 1. The van der Waals surface area contributed by atoms with Crippen molar-refractivity contribution >= 4 is 23.4 Å². The molecule has 0 saturated heterocycles. The molecule has 100 valence electrons. The van der Waals surface area contributed by atoms with Gasteiger partial charge in [-0.05, 0) is 24.8 Å². The molecule has 0 spiro atoms. The first-order valence-electron chi connectivity index (χ1n) is 5.72. The minimum atomic E-state index is 0.563. The van der Waals surface area contributed by atoms with Crippen molar-refractivity contribution in [3.63, 3.8) is 0 Å². The Kier molecular flexibility index (Phi) is 7.24. The van der Waals surface area contributed by atoms with Crippen molar-refractivity contribution in [1.29, 1.82) is 0 Å². The van der Waals surface area contributed by atoms with Gasteiger partial charge in [0.2, 0.25) is 5.96 Å². The van der Waals surface area contributed by atoms with E-state index >= 15 is 0 Å². The van der Waals surface area contributed by atoms with Gasteiger partial charge in [0.05, 0.1) is 5.69 Å². The van der Waals surface area contributed by atoms with Gasteiger partial charge in [0, 0.05) is 25.2 Å². The molecule has 0 fully saturated rings. The van der Waals surface area contributed by atoms with Crippen LogP contribution in [0.25, 0.3) is 0 Å². The number of para-hydroxylation sites is 1. The fraction of sp³-hybridized carbons (Fsp3) is 0.417. The Balaban J connectivity index is 2.61. The summed E-state index contributed by atoms with van der Waals surface area (Å²) in [5.41, 5.74) is 3.56. The van der Waals surface area contributed by atoms with E-state index in [1.807, 2.05) is 30.5 Å². The third-order valence-electron chi connectivity index (χ3n) is 2.27. The van der Waals surface area contributed by atoms with Crippen LogP contribution in [0.1, 0.15) is 6.42 Å². The lowest BCUT2D eigenvalue weighted by molar-refractivity contribution is 0.197. The Labute approximate surface area is 112 Å². The molecule has 0 amide bonds.